The van der Waals surface area contributed by atoms with Crippen molar-refractivity contribution in [3.05, 3.63) is 74.8 Å². The molecule has 0 unspecified atom stereocenters. The highest BCUT2D eigenvalue weighted by molar-refractivity contribution is 6.42. The molecule has 0 atom stereocenters. The van der Waals surface area contributed by atoms with Gasteiger partial charge in [-0.3, -0.25) is 19.8 Å². The van der Waals surface area contributed by atoms with Crippen molar-refractivity contribution in [1.29, 1.82) is 0 Å². The molecule has 0 saturated heterocycles. The summed E-state index contributed by atoms with van der Waals surface area (Å²) in [6, 6.07) is 8.87. The van der Waals surface area contributed by atoms with E-state index in [2.05, 4.69) is 27.9 Å². The lowest BCUT2D eigenvalue weighted by Crippen LogP contribution is -2.47. The molecule has 0 bridgehead atoms. The quantitative estimate of drug-likeness (QED) is 0.245. The van der Waals surface area contributed by atoms with Gasteiger partial charge in [-0.15, -0.1) is 0 Å². The molecule has 0 saturated carbocycles. The number of benzene rings is 2. The number of nitrogens with one attached hydrogen (secondary N) is 1. The molecule has 41 heavy (non-hydrogen) atoms. The number of rotatable bonds is 10. The van der Waals surface area contributed by atoms with Crippen LogP contribution in [0.4, 0.5) is 10.5 Å². The Morgan fingerprint density at radius 2 is 1.66 bits per heavy atom. The first-order chi connectivity index (χ1) is 19.1. The third-order valence-corrected chi connectivity index (χ3v) is 7.37. The number of carbonyl (C=O) groups is 3. The topological polar surface area (TPSA) is 91.3 Å². The minimum absolute atomic E-state index is 0.114. The second-order valence-corrected chi connectivity index (χ2v) is 12.1. The van der Waals surface area contributed by atoms with Crippen molar-refractivity contribution < 1.29 is 19.1 Å². The van der Waals surface area contributed by atoms with Crippen molar-refractivity contribution in [2.75, 3.05) is 24.5 Å². The summed E-state index contributed by atoms with van der Waals surface area (Å²) in [5.41, 5.74) is 4.53. The number of nitrogens with zero attached hydrogens (tertiary/aromatic N) is 3. The van der Waals surface area contributed by atoms with E-state index in [1.807, 2.05) is 64.6 Å². The van der Waals surface area contributed by atoms with Crippen LogP contribution in [0.3, 0.4) is 0 Å². The van der Waals surface area contributed by atoms with Gasteiger partial charge in [0.1, 0.15) is 5.60 Å². The Labute approximate surface area is 252 Å². The number of esters is 1. The Morgan fingerprint density at radius 3 is 2.32 bits per heavy atom. The number of ether oxygens (including phenoxy) is 1. The van der Waals surface area contributed by atoms with Gasteiger partial charge in [-0.2, -0.15) is 4.99 Å². The molecule has 0 radical (unpaired) electrons. The minimum atomic E-state index is -0.728. The number of amides is 3. The Kier molecular flexibility index (Phi) is 10.8. The monoisotopic (exact) mass is 600 g/mol. The number of aryl methyl sites for hydroxylation is 3. The van der Waals surface area contributed by atoms with Gasteiger partial charge in [-0.1, -0.05) is 41.9 Å². The maximum atomic E-state index is 12.5. The third kappa shape index (κ3) is 9.15. The van der Waals surface area contributed by atoms with E-state index in [-0.39, 0.29) is 23.8 Å². The van der Waals surface area contributed by atoms with E-state index in [9.17, 15) is 14.4 Å². The molecule has 2 aromatic rings. The molecule has 3 amide bonds. The average molecular weight is 602 g/mol. The number of anilines is 1. The van der Waals surface area contributed by atoms with Crippen LogP contribution in [-0.4, -0.2) is 53.9 Å². The smallest absolute Gasteiger partial charge is 0.349 e. The van der Waals surface area contributed by atoms with Gasteiger partial charge >= 0.3 is 12.0 Å². The molecule has 0 fully saturated rings. The molecular formula is C31H38Cl2N4O4. The summed E-state index contributed by atoms with van der Waals surface area (Å²) in [7, 11) is 0. The third-order valence-electron chi connectivity index (χ3n) is 6.64. The molecular weight excluding hydrogens is 563 g/mol. The predicted molar refractivity (Wildman–Crippen MR) is 165 cm³/mol. The van der Waals surface area contributed by atoms with Crippen LogP contribution in [0, 0.1) is 20.8 Å². The summed E-state index contributed by atoms with van der Waals surface area (Å²) in [6.45, 7) is 17.5. The normalized spacial score (nSPS) is 13.8. The highest BCUT2D eigenvalue weighted by atomic mass is 35.5. The van der Waals surface area contributed by atoms with E-state index in [4.69, 9.17) is 27.9 Å². The summed E-state index contributed by atoms with van der Waals surface area (Å²) < 4.78 is 5.47. The van der Waals surface area contributed by atoms with Crippen LogP contribution in [0.5, 0.6) is 0 Å². The number of hydrogen-bond acceptors (Lipinski definition) is 6. The zero-order valence-corrected chi connectivity index (χ0v) is 26.1. The van der Waals surface area contributed by atoms with Crippen molar-refractivity contribution in [2.24, 2.45) is 4.99 Å². The number of imide groups is 1. The number of aliphatic imine (C=N–C) groups is 1. The average Bonchev–Trinajstić information content (AvgIpc) is 2.85. The van der Waals surface area contributed by atoms with E-state index >= 15 is 0 Å². The number of hydrogen-bond donors (Lipinski definition) is 1. The van der Waals surface area contributed by atoms with Gasteiger partial charge in [0, 0.05) is 31.7 Å². The van der Waals surface area contributed by atoms with Crippen molar-refractivity contribution in [3.63, 3.8) is 0 Å². The van der Waals surface area contributed by atoms with Crippen LogP contribution >= 0.6 is 23.2 Å². The lowest BCUT2D eigenvalue weighted by Gasteiger charge is -2.33. The zero-order valence-electron chi connectivity index (χ0n) is 24.6. The molecule has 1 aliphatic rings. The van der Waals surface area contributed by atoms with Crippen molar-refractivity contribution >= 4 is 52.6 Å². The Morgan fingerprint density at radius 1 is 0.976 bits per heavy atom. The van der Waals surface area contributed by atoms with Crippen LogP contribution in [0.25, 0.3) is 0 Å². The molecule has 8 nitrogen and oxygen atoms in total. The van der Waals surface area contributed by atoms with Crippen LogP contribution in [0.15, 0.2) is 47.5 Å². The summed E-state index contributed by atoms with van der Waals surface area (Å²) in [6.07, 6.45) is 0.848. The number of carbonyl (C=O) groups excluding carboxylic acids is 3. The Balaban J connectivity index is 1.90. The molecule has 3 rings (SSSR count). The first-order valence-corrected chi connectivity index (χ1v) is 14.3. The number of urea groups is 1. The highest BCUT2D eigenvalue weighted by Crippen LogP contribution is 2.27. The van der Waals surface area contributed by atoms with Gasteiger partial charge in [-0.25, -0.2) is 4.79 Å². The summed E-state index contributed by atoms with van der Waals surface area (Å²) in [4.78, 5) is 45.3. The van der Waals surface area contributed by atoms with Gasteiger partial charge < -0.3 is 9.64 Å². The van der Waals surface area contributed by atoms with Crippen molar-refractivity contribution in [3.8, 4) is 0 Å². The highest BCUT2D eigenvalue weighted by Gasteiger charge is 2.29. The molecule has 0 aliphatic carbocycles. The van der Waals surface area contributed by atoms with E-state index in [0.29, 0.717) is 42.6 Å². The molecule has 220 valence electrons. The van der Waals surface area contributed by atoms with Crippen LogP contribution < -0.4 is 10.2 Å². The van der Waals surface area contributed by atoms with Crippen molar-refractivity contribution in [2.45, 2.75) is 66.5 Å². The molecule has 0 aromatic heterocycles. The van der Waals surface area contributed by atoms with Gasteiger partial charge in [-0.05, 0) is 95.0 Å². The lowest BCUT2D eigenvalue weighted by atomic mass is 10.0. The fraction of sp³-hybridized carbons (Fsp3) is 0.419. The van der Waals surface area contributed by atoms with E-state index in [0.717, 1.165) is 27.9 Å². The Bertz CT molecular complexity index is 1380. The predicted octanol–water partition coefficient (Wildman–Crippen LogP) is 6.55. The molecule has 10 heteroatoms. The molecule has 2 aromatic carbocycles. The maximum Gasteiger partial charge on any atom is 0.349 e. The van der Waals surface area contributed by atoms with Crippen LogP contribution in [0.2, 0.25) is 10.0 Å². The van der Waals surface area contributed by atoms with Gasteiger partial charge in [0.15, 0.2) is 5.84 Å². The lowest BCUT2D eigenvalue weighted by molar-refractivity contribution is -0.155. The van der Waals surface area contributed by atoms with Crippen molar-refractivity contribution in [1.82, 2.24) is 10.2 Å². The Hall–Kier alpha value is -3.20. The minimum Gasteiger partial charge on any atom is -0.460 e. The first kappa shape index (κ1) is 32.3. The number of halogens is 2. The first-order valence-electron chi connectivity index (χ1n) is 13.5. The second kappa shape index (κ2) is 13.6. The van der Waals surface area contributed by atoms with Gasteiger partial charge in [0.05, 0.1) is 15.6 Å². The molecule has 1 N–H and O–H groups in total. The fourth-order valence-electron chi connectivity index (χ4n) is 4.51. The zero-order chi connectivity index (χ0) is 30.5. The van der Waals surface area contributed by atoms with Gasteiger partial charge in [0.25, 0.3) is 5.91 Å². The standard InChI is InChI=1S/C31H38Cl2N4O4/c1-19-15-21(3)26(16-20(19)2)37(28-22(4)29(39)35-30(40)34-28)14-13-36(12-8-9-27(38)41-31(5,6)7)18-23-10-11-24(32)25(33)17-23/h10-11,15-17H,4,8-9,12-14,18H2,1-3,5-7H3,(H,35,39,40). The van der Waals surface area contributed by atoms with Gasteiger partial charge in [0.2, 0.25) is 0 Å². The molecule has 1 heterocycles. The number of amidine groups is 1. The van der Waals surface area contributed by atoms with Crippen LogP contribution in [-0.2, 0) is 20.9 Å². The molecule has 0 spiro atoms. The summed E-state index contributed by atoms with van der Waals surface area (Å²) in [5.74, 6) is -0.610. The van der Waals surface area contributed by atoms with E-state index in [1.54, 1.807) is 6.07 Å². The van der Waals surface area contributed by atoms with E-state index < -0.39 is 17.5 Å². The van der Waals surface area contributed by atoms with Crippen LogP contribution in [0.1, 0.15) is 55.9 Å². The SMILES string of the molecule is C=C1C(=O)NC(=O)N=C1N(CCN(CCCC(=O)OC(C)(C)C)Cc1ccc(Cl)c(Cl)c1)c1cc(C)c(C)cc1C. The van der Waals surface area contributed by atoms with E-state index in [1.165, 1.54) is 0 Å². The maximum absolute atomic E-state index is 12.5. The summed E-state index contributed by atoms with van der Waals surface area (Å²) in [5, 5.41) is 3.13. The fourth-order valence-corrected chi connectivity index (χ4v) is 4.83. The molecule has 1 aliphatic heterocycles. The largest absolute Gasteiger partial charge is 0.460 e. The summed E-state index contributed by atoms with van der Waals surface area (Å²) >= 11 is 12.4. The second-order valence-electron chi connectivity index (χ2n) is 11.3.